The van der Waals surface area contributed by atoms with Gasteiger partial charge in [0, 0.05) is 74.0 Å². The van der Waals surface area contributed by atoms with Crippen LogP contribution in [0.4, 0.5) is 0 Å². The summed E-state index contributed by atoms with van der Waals surface area (Å²) in [6.45, 7) is 0. The molecule has 0 aromatic rings. The molecule has 0 saturated carbocycles. The molecule has 0 aromatic heterocycles. The van der Waals surface area contributed by atoms with Crippen LogP contribution >= 0.6 is 0 Å². The first-order valence-electron chi connectivity index (χ1n) is 0. The Labute approximate surface area is 73.0 Å². The molecule has 0 saturated heterocycles. The molecule has 0 amide bonds. The minimum Gasteiger partial charge on any atom is 0 e. The van der Waals surface area contributed by atoms with Crippen LogP contribution in [0.2, 0.25) is 0 Å². The van der Waals surface area contributed by atoms with E-state index in [0.29, 0.717) is 0 Å². The quantitative estimate of drug-likeness (QED) is 0.440. The van der Waals surface area contributed by atoms with Gasteiger partial charge in [-0.05, 0) is 0 Å². The molecule has 27 valence electrons. The van der Waals surface area contributed by atoms with E-state index in [9.17, 15) is 0 Å². The van der Waals surface area contributed by atoms with Crippen molar-refractivity contribution in [1.82, 2.24) is 24.6 Å². The third kappa shape index (κ3) is 31.4. The van der Waals surface area contributed by atoms with Gasteiger partial charge in [0.1, 0.15) is 0 Å². The Hall–Kier alpha value is 1.42. The molecule has 0 N–H and O–H groups in total. The molecule has 13 radical (unpaired) electrons. The summed E-state index contributed by atoms with van der Waals surface area (Å²) in [4.78, 5) is 0. The van der Waals surface area contributed by atoms with Crippen LogP contribution in [0.3, 0.4) is 0 Å². The smallest absolute Gasteiger partial charge is 0 e. The van der Waals surface area contributed by atoms with Crippen molar-refractivity contribution < 1.29 is 49.4 Å². The van der Waals surface area contributed by atoms with Crippen LogP contribution in [0.15, 0.2) is 0 Å². The fourth-order valence-corrected chi connectivity index (χ4v) is 0. The minimum atomic E-state index is 0. The van der Waals surface area contributed by atoms with Crippen molar-refractivity contribution in [2.75, 3.05) is 0 Å². The van der Waals surface area contributed by atoms with Crippen molar-refractivity contribution in [3.05, 3.63) is 0 Å². The van der Waals surface area contributed by atoms with E-state index < -0.39 is 0 Å². The Bertz CT molecular complexity index is 3.61. The zero-order chi connectivity index (χ0) is 0. The van der Waals surface area contributed by atoms with Crippen molar-refractivity contribution >= 4 is 0 Å². The van der Waals surface area contributed by atoms with E-state index in [-0.39, 0.29) is 74.0 Å². The fourth-order valence-electron chi connectivity index (χ4n) is 0. The summed E-state index contributed by atoms with van der Waals surface area (Å²) in [6, 6.07) is 0. The predicted molar refractivity (Wildman–Crippen MR) is 8.54 cm³/mol. The average Bonchev–Trinajstić information content (AvgIpc) is 0. The van der Waals surface area contributed by atoms with Crippen LogP contribution in [0.1, 0.15) is 0 Å². The first kappa shape index (κ1) is 93.2. The summed E-state index contributed by atoms with van der Waals surface area (Å²) >= 11 is 0. The van der Waals surface area contributed by atoms with Gasteiger partial charge in [0.25, 0.3) is 0 Å². The van der Waals surface area contributed by atoms with Gasteiger partial charge in [0.15, 0.2) is 0 Å². The maximum absolute atomic E-state index is 0. The van der Waals surface area contributed by atoms with Crippen LogP contribution in [-0.4, -0.2) is 0 Å². The van der Waals surface area contributed by atoms with Gasteiger partial charge in [0.05, 0.1) is 0 Å². The molecular formula is EuN4. The van der Waals surface area contributed by atoms with Crippen molar-refractivity contribution in [3.63, 3.8) is 0 Å². The summed E-state index contributed by atoms with van der Waals surface area (Å²) in [6.07, 6.45) is 0. The Balaban J connectivity index is 0. The SMILES string of the molecule is [Eu].[N].[N].[N].[N]. The van der Waals surface area contributed by atoms with Gasteiger partial charge in [-0.2, -0.15) is 0 Å². The molecule has 0 fully saturated rings. The maximum atomic E-state index is 0. The summed E-state index contributed by atoms with van der Waals surface area (Å²) in [7, 11) is 0. The molecule has 0 heterocycles. The molecule has 0 aliphatic heterocycles. The molecule has 0 unspecified atom stereocenters. The Morgan fingerprint density at radius 1 is 0.400 bits per heavy atom. The topological polar surface area (TPSA) is 122 Å². The third-order valence-corrected chi connectivity index (χ3v) is 0. The van der Waals surface area contributed by atoms with Gasteiger partial charge >= 0.3 is 0 Å². The number of nitrogens with zero attached hydrogens (tertiary/aromatic N) is 4. The fraction of sp³-hybridized carbons (Fsp3) is 0. The zero-order valence-electron chi connectivity index (χ0n) is 2.17. The monoisotopic (exact) mass is 209 g/mol. The summed E-state index contributed by atoms with van der Waals surface area (Å²) < 4.78 is 0. The Morgan fingerprint density at radius 2 is 0.400 bits per heavy atom. The molecule has 0 bridgehead atoms. The molecule has 0 aliphatic rings. The van der Waals surface area contributed by atoms with E-state index in [1.807, 2.05) is 0 Å². The summed E-state index contributed by atoms with van der Waals surface area (Å²) in [5, 5.41) is 0. The second kappa shape index (κ2) is 52.3. The summed E-state index contributed by atoms with van der Waals surface area (Å²) in [5.74, 6) is 0. The molecule has 0 atom stereocenters. The standard InChI is InChI=1S/Eu.4N. The number of hydrogen-bond acceptors (Lipinski definition) is 0. The van der Waals surface area contributed by atoms with Crippen molar-refractivity contribution in [1.29, 1.82) is 0 Å². The summed E-state index contributed by atoms with van der Waals surface area (Å²) in [5.41, 5.74) is 0. The van der Waals surface area contributed by atoms with Crippen LogP contribution in [0, 0.1) is 49.4 Å². The van der Waals surface area contributed by atoms with E-state index in [0.717, 1.165) is 0 Å². The number of rotatable bonds is 0. The van der Waals surface area contributed by atoms with Gasteiger partial charge in [0.2, 0.25) is 0 Å². The Kier molecular flexibility index (Phi) is 975. The molecule has 0 aromatic carbocycles. The van der Waals surface area contributed by atoms with Gasteiger partial charge in [-0.15, -0.1) is 0 Å². The van der Waals surface area contributed by atoms with Crippen LogP contribution in [-0.2, 0) is 0 Å². The second-order valence-electron chi connectivity index (χ2n) is 0. The molecular weight excluding hydrogens is 208 g/mol. The largest absolute Gasteiger partial charge is 0 e. The minimum absolute atomic E-state index is 0. The first-order valence-corrected chi connectivity index (χ1v) is 0. The van der Waals surface area contributed by atoms with E-state index >= 15 is 0 Å². The zero-order valence-corrected chi connectivity index (χ0v) is 4.59. The van der Waals surface area contributed by atoms with Crippen molar-refractivity contribution in [2.45, 2.75) is 0 Å². The molecule has 5 heavy (non-hydrogen) atoms. The third-order valence-electron chi connectivity index (χ3n) is 0. The number of hydrogen-bond donors (Lipinski definition) is 0. The van der Waals surface area contributed by atoms with E-state index in [2.05, 4.69) is 0 Å². The molecule has 0 aliphatic carbocycles. The van der Waals surface area contributed by atoms with Crippen molar-refractivity contribution in [3.8, 4) is 0 Å². The molecule has 4 nitrogen and oxygen atoms in total. The predicted octanol–water partition coefficient (Wildman–Crippen LogP) is -1.92. The molecule has 0 rings (SSSR count). The Morgan fingerprint density at radius 3 is 0.400 bits per heavy atom. The van der Waals surface area contributed by atoms with Gasteiger partial charge in [-0.1, -0.05) is 0 Å². The van der Waals surface area contributed by atoms with E-state index in [1.165, 1.54) is 0 Å². The molecule has 0 spiro atoms. The van der Waals surface area contributed by atoms with E-state index in [1.54, 1.807) is 0 Å². The average molecular weight is 208 g/mol. The van der Waals surface area contributed by atoms with Gasteiger partial charge < -0.3 is 0 Å². The van der Waals surface area contributed by atoms with Crippen molar-refractivity contribution in [2.24, 2.45) is 0 Å². The molecule has 5 heteroatoms. The second-order valence-corrected chi connectivity index (χ2v) is 0. The van der Waals surface area contributed by atoms with E-state index in [4.69, 9.17) is 0 Å². The van der Waals surface area contributed by atoms with Gasteiger partial charge in [-0.25, -0.2) is 0 Å². The van der Waals surface area contributed by atoms with Crippen LogP contribution < -0.4 is 24.6 Å². The maximum Gasteiger partial charge on any atom is 0 e. The van der Waals surface area contributed by atoms with Gasteiger partial charge in [-0.3, -0.25) is 0 Å². The first-order chi connectivity index (χ1) is 0. The normalized spacial score (nSPS) is 0. The van der Waals surface area contributed by atoms with Crippen LogP contribution in [0.25, 0.3) is 0 Å². The van der Waals surface area contributed by atoms with Crippen LogP contribution in [0.5, 0.6) is 0 Å².